The maximum Gasteiger partial charge on any atom is 0.244 e. The van der Waals surface area contributed by atoms with Crippen LogP contribution >= 0.6 is 24.0 Å². The van der Waals surface area contributed by atoms with Crippen molar-refractivity contribution in [3.05, 3.63) is 12.2 Å². The SMILES string of the molecule is CCNC(=NCC(=O)N1CCCCC1)NCCn1cnnc1CC.I. The van der Waals surface area contributed by atoms with Crippen molar-refractivity contribution in [1.82, 2.24) is 30.3 Å². The van der Waals surface area contributed by atoms with Crippen LogP contribution < -0.4 is 10.6 Å². The molecule has 8 nitrogen and oxygen atoms in total. The van der Waals surface area contributed by atoms with Gasteiger partial charge < -0.3 is 20.1 Å². The molecule has 1 aliphatic rings. The van der Waals surface area contributed by atoms with Gasteiger partial charge in [-0.25, -0.2) is 4.99 Å². The van der Waals surface area contributed by atoms with Crippen LogP contribution in [-0.2, 0) is 17.8 Å². The fraction of sp³-hybridized carbons (Fsp3) is 0.750. The molecule has 1 fully saturated rings. The maximum atomic E-state index is 12.2. The van der Waals surface area contributed by atoms with Crippen LogP contribution in [0, 0.1) is 0 Å². The van der Waals surface area contributed by atoms with Crippen molar-refractivity contribution in [1.29, 1.82) is 0 Å². The third-order valence-electron chi connectivity index (χ3n) is 4.08. The number of hydrogen-bond acceptors (Lipinski definition) is 4. The Hall–Kier alpha value is -1.39. The van der Waals surface area contributed by atoms with Gasteiger partial charge in [0, 0.05) is 39.1 Å². The summed E-state index contributed by atoms with van der Waals surface area (Å²) >= 11 is 0. The Kier molecular flexibility index (Phi) is 10.4. The fourth-order valence-electron chi connectivity index (χ4n) is 2.77. The first-order valence-corrected chi connectivity index (χ1v) is 8.91. The Labute approximate surface area is 166 Å². The summed E-state index contributed by atoms with van der Waals surface area (Å²) in [5.74, 6) is 1.76. The predicted molar refractivity (Wildman–Crippen MR) is 109 cm³/mol. The zero-order valence-corrected chi connectivity index (χ0v) is 17.5. The van der Waals surface area contributed by atoms with Gasteiger partial charge >= 0.3 is 0 Å². The van der Waals surface area contributed by atoms with Crippen molar-refractivity contribution in [3.8, 4) is 0 Å². The zero-order valence-electron chi connectivity index (χ0n) is 15.2. The summed E-state index contributed by atoms with van der Waals surface area (Å²) in [7, 11) is 0. The van der Waals surface area contributed by atoms with E-state index in [4.69, 9.17) is 0 Å². The number of halogens is 1. The molecule has 2 N–H and O–H groups in total. The number of nitrogens with zero attached hydrogens (tertiary/aromatic N) is 5. The maximum absolute atomic E-state index is 12.2. The Morgan fingerprint density at radius 3 is 2.68 bits per heavy atom. The number of carbonyl (C=O) groups is 1. The normalized spacial score (nSPS) is 14.8. The first-order valence-electron chi connectivity index (χ1n) is 8.91. The van der Waals surface area contributed by atoms with E-state index in [1.165, 1.54) is 6.42 Å². The molecule has 0 radical (unpaired) electrons. The first-order chi connectivity index (χ1) is 11.7. The Bertz CT molecular complexity index is 540. The quantitative estimate of drug-likeness (QED) is 0.358. The van der Waals surface area contributed by atoms with E-state index in [9.17, 15) is 4.79 Å². The molecule has 0 atom stereocenters. The van der Waals surface area contributed by atoms with Crippen LogP contribution in [0.5, 0.6) is 0 Å². The molecule has 2 rings (SSSR count). The third-order valence-corrected chi connectivity index (χ3v) is 4.08. The summed E-state index contributed by atoms with van der Waals surface area (Å²) in [5, 5.41) is 14.4. The molecule has 1 aromatic rings. The van der Waals surface area contributed by atoms with E-state index in [1.807, 2.05) is 16.4 Å². The molecular weight excluding hydrogens is 433 g/mol. The van der Waals surface area contributed by atoms with Gasteiger partial charge in [0.1, 0.15) is 18.7 Å². The second-order valence-corrected chi connectivity index (χ2v) is 5.86. The minimum atomic E-state index is 0. The molecule has 0 aromatic carbocycles. The Balaban J connectivity index is 0.00000312. The molecular formula is C16H30IN7O. The third kappa shape index (κ3) is 7.17. The van der Waals surface area contributed by atoms with Crippen LogP contribution in [0.4, 0.5) is 0 Å². The van der Waals surface area contributed by atoms with Crippen LogP contribution in [0.25, 0.3) is 0 Å². The van der Waals surface area contributed by atoms with Crippen molar-refractivity contribution >= 4 is 35.8 Å². The summed E-state index contributed by atoms with van der Waals surface area (Å²) in [6.07, 6.45) is 6.03. The van der Waals surface area contributed by atoms with Gasteiger partial charge in [-0.3, -0.25) is 4.79 Å². The molecule has 0 unspecified atom stereocenters. The molecule has 1 aliphatic heterocycles. The molecule has 1 amide bonds. The van der Waals surface area contributed by atoms with Gasteiger partial charge in [0.25, 0.3) is 0 Å². The van der Waals surface area contributed by atoms with Crippen molar-refractivity contribution < 1.29 is 4.79 Å². The Morgan fingerprint density at radius 1 is 1.24 bits per heavy atom. The number of hydrogen-bond donors (Lipinski definition) is 2. The number of nitrogens with one attached hydrogen (secondary N) is 2. The van der Waals surface area contributed by atoms with Gasteiger partial charge in [-0.05, 0) is 26.2 Å². The number of rotatable bonds is 7. The molecule has 25 heavy (non-hydrogen) atoms. The lowest BCUT2D eigenvalue weighted by atomic mass is 10.1. The second-order valence-electron chi connectivity index (χ2n) is 5.86. The lowest BCUT2D eigenvalue weighted by molar-refractivity contribution is -0.130. The van der Waals surface area contributed by atoms with E-state index in [1.54, 1.807) is 6.33 Å². The van der Waals surface area contributed by atoms with E-state index >= 15 is 0 Å². The molecule has 2 heterocycles. The fourth-order valence-corrected chi connectivity index (χ4v) is 2.77. The van der Waals surface area contributed by atoms with Gasteiger partial charge in [-0.2, -0.15) is 0 Å². The number of amides is 1. The number of likely N-dealkylation sites (tertiary alicyclic amines) is 1. The lowest BCUT2D eigenvalue weighted by Gasteiger charge is -2.26. The Morgan fingerprint density at radius 2 is 2.00 bits per heavy atom. The predicted octanol–water partition coefficient (Wildman–Crippen LogP) is 1.03. The highest BCUT2D eigenvalue weighted by Gasteiger charge is 2.15. The summed E-state index contributed by atoms with van der Waals surface area (Å²) in [5.41, 5.74) is 0. The average Bonchev–Trinajstić information content (AvgIpc) is 3.07. The van der Waals surface area contributed by atoms with Crippen LogP contribution in [0.1, 0.15) is 38.9 Å². The van der Waals surface area contributed by atoms with Crippen molar-refractivity contribution in [2.24, 2.45) is 4.99 Å². The highest BCUT2D eigenvalue weighted by atomic mass is 127. The number of piperidine rings is 1. The van der Waals surface area contributed by atoms with Crippen LogP contribution in [-0.4, -0.2) is 64.3 Å². The molecule has 9 heteroatoms. The molecule has 0 aliphatic carbocycles. The summed E-state index contributed by atoms with van der Waals surface area (Å²) in [4.78, 5) is 18.5. The highest BCUT2D eigenvalue weighted by Crippen LogP contribution is 2.08. The van der Waals surface area contributed by atoms with E-state index in [0.717, 1.165) is 51.3 Å². The number of aliphatic imine (C=N–C) groups is 1. The minimum absolute atomic E-state index is 0. The smallest absolute Gasteiger partial charge is 0.244 e. The number of aromatic nitrogens is 3. The molecule has 142 valence electrons. The van der Waals surface area contributed by atoms with Gasteiger partial charge in [0.2, 0.25) is 5.91 Å². The molecule has 0 spiro atoms. The van der Waals surface area contributed by atoms with Crippen LogP contribution in [0.2, 0.25) is 0 Å². The summed E-state index contributed by atoms with van der Waals surface area (Å²) < 4.78 is 2.02. The van der Waals surface area contributed by atoms with Gasteiger partial charge in [-0.15, -0.1) is 34.2 Å². The van der Waals surface area contributed by atoms with E-state index in [0.29, 0.717) is 12.5 Å². The minimum Gasteiger partial charge on any atom is -0.357 e. The van der Waals surface area contributed by atoms with Crippen molar-refractivity contribution in [2.45, 2.75) is 46.1 Å². The molecule has 1 saturated heterocycles. The molecule has 1 aromatic heterocycles. The number of guanidine groups is 1. The van der Waals surface area contributed by atoms with Crippen molar-refractivity contribution in [2.75, 3.05) is 32.7 Å². The van der Waals surface area contributed by atoms with Crippen LogP contribution in [0.3, 0.4) is 0 Å². The second kappa shape index (κ2) is 12.0. The molecule has 0 saturated carbocycles. The van der Waals surface area contributed by atoms with E-state index in [2.05, 4.69) is 32.7 Å². The average molecular weight is 463 g/mol. The van der Waals surface area contributed by atoms with Gasteiger partial charge in [0.05, 0.1) is 0 Å². The summed E-state index contributed by atoms with van der Waals surface area (Å²) in [6, 6.07) is 0. The van der Waals surface area contributed by atoms with E-state index < -0.39 is 0 Å². The number of carbonyl (C=O) groups excluding carboxylic acids is 1. The highest BCUT2D eigenvalue weighted by molar-refractivity contribution is 14.0. The van der Waals surface area contributed by atoms with Gasteiger partial charge in [-0.1, -0.05) is 6.92 Å². The zero-order chi connectivity index (χ0) is 17.2. The topological polar surface area (TPSA) is 87.4 Å². The lowest BCUT2D eigenvalue weighted by Crippen LogP contribution is -2.41. The summed E-state index contributed by atoms with van der Waals surface area (Å²) in [6.45, 7) is 8.23. The monoisotopic (exact) mass is 463 g/mol. The van der Waals surface area contributed by atoms with Gasteiger partial charge in [0.15, 0.2) is 5.96 Å². The largest absolute Gasteiger partial charge is 0.357 e. The van der Waals surface area contributed by atoms with E-state index in [-0.39, 0.29) is 36.4 Å². The van der Waals surface area contributed by atoms with Crippen molar-refractivity contribution in [3.63, 3.8) is 0 Å². The first kappa shape index (κ1) is 21.7. The number of aryl methyl sites for hydroxylation is 1. The standard InChI is InChI=1S/C16H29N7O.HI/c1-3-14-21-20-13-23(14)11-8-18-16(17-4-2)19-12-15(24)22-9-6-5-7-10-22;/h13H,3-12H2,1-2H3,(H2,17,18,19);1H. The van der Waals surface area contributed by atoms with Crippen LogP contribution in [0.15, 0.2) is 11.3 Å². The molecule has 0 bridgehead atoms.